The molecule has 2 aromatic rings. The number of hydrogen-bond donors (Lipinski definition) is 2. The van der Waals surface area contributed by atoms with E-state index < -0.39 is 0 Å². The molecule has 1 heterocycles. The number of nitrogens with two attached hydrogens (primary N) is 1. The molecule has 1 aromatic carbocycles. The number of aromatic hydroxyl groups is 1. The average molecular weight is 232 g/mol. The minimum absolute atomic E-state index is 0.281. The first-order valence-corrected chi connectivity index (χ1v) is 6.07. The predicted molar refractivity (Wildman–Crippen MR) is 64.5 cm³/mol. The summed E-state index contributed by atoms with van der Waals surface area (Å²) in [4.78, 5) is 5.57. The lowest BCUT2D eigenvalue weighted by atomic mass is 10.2. The highest BCUT2D eigenvalue weighted by Crippen LogP contribution is 2.44. The third-order valence-electron chi connectivity index (χ3n) is 2.86. The molecule has 2 atom stereocenters. The van der Waals surface area contributed by atoms with Crippen molar-refractivity contribution in [1.29, 1.82) is 0 Å². The predicted octanol–water partition coefficient (Wildman–Crippen LogP) is 2.33. The third kappa shape index (κ3) is 1.60. The van der Waals surface area contributed by atoms with Gasteiger partial charge in [-0.2, -0.15) is 0 Å². The van der Waals surface area contributed by atoms with Crippen molar-refractivity contribution in [3.63, 3.8) is 0 Å². The van der Waals surface area contributed by atoms with Crippen LogP contribution in [0.1, 0.15) is 17.2 Å². The Morgan fingerprint density at radius 3 is 2.81 bits per heavy atom. The molecular weight excluding hydrogens is 220 g/mol. The summed E-state index contributed by atoms with van der Waals surface area (Å²) < 4.78 is 0. The summed E-state index contributed by atoms with van der Waals surface area (Å²) in [5.74, 6) is 0.764. The van der Waals surface area contributed by atoms with Gasteiger partial charge in [-0.1, -0.05) is 12.1 Å². The van der Waals surface area contributed by atoms with Gasteiger partial charge in [0.1, 0.15) is 10.8 Å². The molecule has 0 bridgehead atoms. The number of phenolic OH excluding ortho intramolecular Hbond substituents is 1. The van der Waals surface area contributed by atoms with E-state index in [1.54, 1.807) is 17.4 Å². The zero-order chi connectivity index (χ0) is 11.1. The van der Waals surface area contributed by atoms with E-state index in [1.807, 2.05) is 24.4 Å². The maximum atomic E-state index is 9.72. The van der Waals surface area contributed by atoms with Gasteiger partial charge in [-0.15, -0.1) is 11.3 Å². The topological polar surface area (TPSA) is 59.1 Å². The summed E-state index contributed by atoms with van der Waals surface area (Å²) in [6.07, 6.45) is 2.94. The maximum absolute atomic E-state index is 9.72. The number of thiazole rings is 1. The lowest BCUT2D eigenvalue weighted by molar-refractivity contribution is 0.477. The zero-order valence-electron chi connectivity index (χ0n) is 8.63. The Kier molecular flexibility index (Phi) is 2.19. The van der Waals surface area contributed by atoms with Gasteiger partial charge >= 0.3 is 0 Å². The SMILES string of the molecule is N[C@H]1C[C@@H]1c1cnc(-c2ccccc2O)s1. The molecule has 1 aromatic heterocycles. The second-order valence-electron chi connectivity index (χ2n) is 4.09. The second-order valence-corrected chi connectivity index (χ2v) is 5.15. The van der Waals surface area contributed by atoms with Crippen molar-refractivity contribution in [2.24, 2.45) is 5.73 Å². The van der Waals surface area contributed by atoms with E-state index >= 15 is 0 Å². The minimum Gasteiger partial charge on any atom is -0.507 e. The molecule has 1 aliphatic rings. The van der Waals surface area contributed by atoms with Crippen molar-refractivity contribution in [1.82, 2.24) is 4.98 Å². The van der Waals surface area contributed by atoms with Gasteiger partial charge in [0.2, 0.25) is 0 Å². The second kappa shape index (κ2) is 3.57. The van der Waals surface area contributed by atoms with E-state index in [0.717, 1.165) is 17.0 Å². The first-order valence-electron chi connectivity index (χ1n) is 5.25. The largest absolute Gasteiger partial charge is 0.507 e. The van der Waals surface area contributed by atoms with Crippen LogP contribution in [0.5, 0.6) is 5.75 Å². The van der Waals surface area contributed by atoms with E-state index in [0.29, 0.717) is 12.0 Å². The van der Waals surface area contributed by atoms with Gasteiger partial charge in [-0.25, -0.2) is 4.98 Å². The van der Waals surface area contributed by atoms with Crippen molar-refractivity contribution < 1.29 is 5.11 Å². The lowest BCUT2D eigenvalue weighted by Crippen LogP contribution is -1.99. The fourth-order valence-corrected chi connectivity index (χ4v) is 2.92. The molecule has 0 amide bonds. The summed E-state index contributed by atoms with van der Waals surface area (Å²) in [6, 6.07) is 7.57. The molecule has 3 N–H and O–H groups in total. The van der Waals surface area contributed by atoms with Crippen LogP contribution in [-0.4, -0.2) is 16.1 Å². The Hall–Kier alpha value is -1.39. The van der Waals surface area contributed by atoms with E-state index in [-0.39, 0.29) is 5.75 Å². The van der Waals surface area contributed by atoms with Crippen LogP contribution in [0.25, 0.3) is 10.6 Å². The molecule has 1 fully saturated rings. The highest BCUT2D eigenvalue weighted by Gasteiger charge is 2.36. The fraction of sp³-hybridized carbons (Fsp3) is 0.250. The van der Waals surface area contributed by atoms with Crippen molar-refractivity contribution >= 4 is 11.3 Å². The summed E-state index contributed by atoms with van der Waals surface area (Å²) >= 11 is 1.62. The molecule has 16 heavy (non-hydrogen) atoms. The maximum Gasteiger partial charge on any atom is 0.127 e. The average Bonchev–Trinajstić information content (AvgIpc) is 2.82. The Balaban J connectivity index is 1.95. The minimum atomic E-state index is 0.281. The summed E-state index contributed by atoms with van der Waals surface area (Å²) in [6.45, 7) is 0. The van der Waals surface area contributed by atoms with Gasteiger partial charge < -0.3 is 10.8 Å². The van der Waals surface area contributed by atoms with Crippen LogP contribution in [0, 0.1) is 0 Å². The van der Waals surface area contributed by atoms with Gasteiger partial charge in [0.05, 0.1) is 5.56 Å². The molecule has 4 heteroatoms. The number of nitrogens with zero attached hydrogens (tertiary/aromatic N) is 1. The van der Waals surface area contributed by atoms with Crippen LogP contribution in [0.4, 0.5) is 0 Å². The quantitative estimate of drug-likeness (QED) is 0.835. The van der Waals surface area contributed by atoms with Crippen molar-refractivity contribution in [3.8, 4) is 16.3 Å². The Morgan fingerprint density at radius 2 is 2.12 bits per heavy atom. The van der Waals surface area contributed by atoms with Gasteiger partial charge in [-0.05, 0) is 18.6 Å². The highest BCUT2D eigenvalue weighted by atomic mass is 32.1. The van der Waals surface area contributed by atoms with Crippen molar-refractivity contribution in [2.75, 3.05) is 0 Å². The molecule has 1 saturated carbocycles. The molecule has 0 unspecified atom stereocenters. The first kappa shape index (κ1) is 9.81. The van der Waals surface area contributed by atoms with Crippen LogP contribution in [-0.2, 0) is 0 Å². The van der Waals surface area contributed by atoms with Gasteiger partial charge in [0.25, 0.3) is 0 Å². The highest BCUT2D eigenvalue weighted by molar-refractivity contribution is 7.15. The number of rotatable bonds is 2. The van der Waals surface area contributed by atoms with Gasteiger partial charge in [0, 0.05) is 23.0 Å². The molecule has 3 nitrogen and oxygen atoms in total. The van der Waals surface area contributed by atoms with Crippen LogP contribution < -0.4 is 5.73 Å². The summed E-state index contributed by atoms with van der Waals surface area (Å²) in [5.41, 5.74) is 6.60. The molecule has 82 valence electrons. The monoisotopic (exact) mass is 232 g/mol. The van der Waals surface area contributed by atoms with E-state index in [1.165, 1.54) is 4.88 Å². The molecule has 0 spiro atoms. The van der Waals surface area contributed by atoms with Gasteiger partial charge in [0.15, 0.2) is 0 Å². The van der Waals surface area contributed by atoms with Crippen LogP contribution in [0.2, 0.25) is 0 Å². The number of para-hydroxylation sites is 1. The van der Waals surface area contributed by atoms with Crippen LogP contribution in [0.3, 0.4) is 0 Å². The summed E-state index contributed by atoms with van der Waals surface area (Å²) in [5, 5.41) is 10.6. The third-order valence-corrected chi connectivity index (χ3v) is 4.03. The molecule has 0 radical (unpaired) electrons. The Morgan fingerprint density at radius 1 is 1.38 bits per heavy atom. The first-order chi connectivity index (χ1) is 7.75. The van der Waals surface area contributed by atoms with Crippen LogP contribution in [0.15, 0.2) is 30.5 Å². The normalized spacial score (nSPS) is 23.3. The Labute approximate surface area is 97.6 Å². The number of hydrogen-bond acceptors (Lipinski definition) is 4. The fourth-order valence-electron chi connectivity index (χ4n) is 1.78. The molecule has 1 aliphatic carbocycles. The number of phenols is 1. The molecule has 0 saturated heterocycles. The van der Waals surface area contributed by atoms with Crippen LogP contribution >= 0.6 is 11.3 Å². The molecule has 3 rings (SSSR count). The smallest absolute Gasteiger partial charge is 0.127 e. The van der Waals surface area contributed by atoms with Gasteiger partial charge in [-0.3, -0.25) is 0 Å². The Bertz CT molecular complexity index is 523. The van der Waals surface area contributed by atoms with E-state index in [4.69, 9.17) is 5.73 Å². The number of aromatic nitrogens is 1. The number of benzene rings is 1. The van der Waals surface area contributed by atoms with E-state index in [9.17, 15) is 5.11 Å². The summed E-state index contributed by atoms with van der Waals surface area (Å²) in [7, 11) is 0. The lowest BCUT2D eigenvalue weighted by Gasteiger charge is -1.98. The van der Waals surface area contributed by atoms with E-state index in [2.05, 4.69) is 4.98 Å². The molecular formula is C12H12N2OS. The standard InChI is InChI=1S/C12H12N2OS/c13-9-5-8(9)11-6-14-12(16-11)7-3-1-2-4-10(7)15/h1-4,6,8-9,15H,5,13H2/t8-,9-/m0/s1. The van der Waals surface area contributed by atoms with Crippen molar-refractivity contribution in [3.05, 3.63) is 35.3 Å². The van der Waals surface area contributed by atoms with Crippen molar-refractivity contribution in [2.45, 2.75) is 18.4 Å². The molecule has 0 aliphatic heterocycles. The zero-order valence-corrected chi connectivity index (χ0v) is 9.45.